The molecule has 1 amide bonds. The zero-order valence-electron chi connectivity index (χ0n) is 12.4. The summed E-state index contributed by atoms with van der Waals surface area (Å²) in [6, 6.07) is 16.0. The molecular weight excluding hydrogens is 298 g/mol. The summed E-state index contributed by atoms with van der Waals surface area (Å²) in [4.78, 5) is 24.0. The molecule has 0 aliphatic carbocycles. The summed E-state index contributed by atoms with van der Waals surface area (Å²) in [5, 5.41) is 2.80. The van der Waals surface area contributed by atoms with Gasteiger partial charge in [-0.2, -0.15) is 0 Å². The fourth-order valence-corrected chi connectivity index (χ4v) is 2.15. The number of alkyl halides is 1. The highest BCUT2D eigenvalue weighted by atomic mass is 35.5. The molecule has 2 aromatic rings. The third kappa shape index (κ3) is 4.43. The van der Waals surface area contributed by atoms with Crippen molar-refractivity contribution in [3.05, 3.63) is 65.7 Å². The minimum Gasteiger partial charge on any atom is -0.326 e. The molecule has 2 rings (SSSR count). The lowest BCUT2D eigenvalue weighted by Crippen LogP contribution is -2.15. The van der Waals surface area contributed by atoms with Crippen molar-refractivity contribution < 1.29 is 9.59 Å². The van der Waals surface area contributed by atoms with Crippen molar-refractivity contribution in [3.8, 4) is 0 Å². The van der Waals surface area contributed by atoms with Crippen molar-refractivity contribution in [2.45, 2.75) is 13.3 Å². The Hall–Kier alpha value is -2.13. The molecule has 0 radical (unpaired) electrons. The first-order chi connectivity index (χ1) is 10.6. The zero-order chi connectivity index (χ0) is 15.9. The van der Waals surface area contributed by atoms with E-state index in [1.165, 1.54) is 0 Å². The van der Waals surface area contributed by atoms with Crippen LogP contribution in [0.25, 0.3) is 0 Å². The average molecular weight is 316 g/mol. The molecule has 0 saturated heterocycles. The highest BCUT2D eigenvalue weighted by Gasteiger charge is 2.10. The van der Waals surface area contributed by atoms with Crippen LogP contribution in [0.3, 0.4) is 0 Å². The van der Waals surface area contributed by atoms with Gasteiger partial charge in [-0.25, -0.2) is 0 Å². The van der Waals surface area contributed by atoms with Gasteiger partial charge in [-0.1, -0.05) is 37.3 Å². The maximum absolute atomic E-state index is 12.3. The number of hydrogen-bond acceptors (Lipinski definition) is 2. The van der Waals surface area contributed by atoms with E-state index >= 15 is 0 Å². The number of carbonyl (C=O) groups is 2. The molecule has 0 aliphatic rings. The number of anilines is 1. The van der Waals surface area contributed by atoms with E-state index in [1.807, 2.05) is 25.1 Å². The smallest absolute Gasteiger partial charge is 0.224 e. The standard InChI is InChI=1S/C18H18ClNO2/c1-13(12-19)11-17(21)20-16-9-7-15(8-10-16)18(22)14-5-3-2-4-6-14/h2-10,13H,11-12H2,1H3,(H,20,21). The molecule has 0 fully saturated rings. The van der Waals surface area contributed by atoms with Gasteiger partial charge in [0, 0.05) is 29.1 Å². The average Bonchev–Trinajstić information content (AvgIpc) is 2.55. The molecule has 0 aromatic heterocycles. The third-order valence-electron chi connectivity index (χ3n) is 3.26. The van der Waals surface area contributed by atoms with E-state index in [2.05, 4.69) is 5.32 Å². The van der Waals surface area contributed by atoms with Gasteiger partial charge in [-0.05, 0) is 30.2 Å². The molecular formula is C18H18ClNO2. The molecule has 22 heavy (non-hydrogen) atoms. The molecule has 0 aliphatic heterocycles. The minimum absolute atomic E-state index is 0.0331. The molecule has 3 nitrogen and oxygen atoms in total. The van der Waals surface area contributed by atoms with Crippen LogP contribution in [-0.4, -0.2) is 17.6 Å². The van der Waals surface area contributed by atoms with Crippen LogP contribution in [-0.2, 0) is 4.79 Å². The van der Waals surface area contributed by atoms with E-state index in [0.29, 0.717) is 29.1 Å². The van der Waals surface area contributed by atoms with Crippen molar-refractivity contribution in [2.75, 3.05) is 11.2 Å². The Labute approximate surface area is 135 Å². The Kier molecular flexibility index (Phi) is 5.73. The summed E-state index contributed by atoms with van der Waals surface area (Å²) in [6.45, 7) is 1.92. The van der Waals surface area contributed by atoms with Crippen LogP contribution >= 0.6 is 11.6 Å². The predicted octanol–water partition coefficient (Wildman–Crippen LogP) is 4.12. The monoisotopic (exact) mass is 315 g/mol. The second-order valence-corrected chi connectivity index (χ2v) is 5.59. The molecule has 0 bridgehead atoms. The first-order valence-corrected chi connectivity index (χ1v) is 7.69. The topological polar surface area (TPSA) is 46.2 Å². The molecule has 114 valence electrons. The van der Waals surface area contributed by atoms with Crippen LogP contribution < -0.4 is 5.32 Å². The molecule has 2 aromatic carbocycles. The van der Waals surface area contributed by atoms with E-state index in [4.69, 9.17) is 11.6 Å². The number of nitrogens with one attached hydrogen (secondary N) is 1. The highest BCUT2D eigenvalue weighted by Crippen LogP contribution is 2.15. The number of benzene rings is 2. The van der Waals surface area contributed by atoms with Crippen molar-refractivity contribution in [3.63, 3.8) is 0 Å². The lowest BCUT2D eigenvalue weighted by molar-refractivity contribution is -0.116. The van der Waals surface area contributed by atoms with Crippen LogP contribution in [0, 0.1) is 5.92 Å². The van der Waals surface area contributed by atoms with E-state index < -0.39 is 0 Å². The third-order valence-corrected chi connectivity index (χ3v) is 3.79. The summed E-state index contributed by atoms with van der Waals surface area (Å²) in [6.07, 6.45) is 0.383. The Morgan fingerprint density at radius 3 is 2.18 bits per heavy atom. The van der Waals surface area contributed by atoms with Crippen LogP contribution in [0.5, 0.6) is 0 Å². The predicted molar refractivity (Wildman–Crippen MR) is 89.4 cm³/mol. The van der Waals surface area contributed by atoms with Crippen molar-refractivity contribution >= 4 is 29.0 Å². The Balaban J connectivity index is 2.01. The first kappa shape index (κ1) is 16.2. The Morgan fingerprint density at radius 2 is 1.59 bits per heavy atom. The van der Waals surface area contributed by atoms with E-state index in [0.717, 1.165) is 0 Å². The number of ketones is 1. The van der Waals surface area contributed by atoms with E-state index in [1.54, 1.807) is 36.4 Å². The second kappa shape index (κ2) is 7.76. The van der Waals surface area contributed by atoms with Gasteiger partial charge in [0.25, 0.3) is 0 Å². The van der Waals surface area contributed by atoms with Gasteiger partial charge in [0.1, 0.15) is 0 Å². The molecule has 4 heteroatoms. The van der Waals surface area contributed by atoms with Gasteiger partial charge >= 0.3 is 0 Å². The fourth-order valence-electron chi connectivity index (χ4n) is 2.04. The minimum atomic E-state index is -0.0738. The van der Waals surface area contributed by atoms with Crippen molar-refractivity contribution in [1.82, 2.24) is 0 Å². The second-order valence-electron chi connectivity index (χ2n) is 5.28. The molecule has 1 unspecified atom stereocenters. The SMILES string of the molecule is CC(CCl)CC(=O)Nc1ccc(C(=O)c2ccccc2)cc1. The molecule has 1 N–H and O–H groups in total. The van der Waals surface area contributed by atoms with Gasteiger partial charge < -0.3 is 5.32 Å². The number of carbonyl (C=O) groups excluding carboxylic acids is 2. The summed E-state index contributed by atoms with van der Waals surface area (Å²) in [7, 11) is 0. The van der Waals surface area contributed by atoms with Gasteiger partial charge in [-0.15, -0.1) is 11.6 Å². The van der Waals surface area contributed by atoms with Crippen LogP contribution in [0.4, 0.5) is 5.69 Å². The van der Waals surface area contributed by atoms with Crippen molar-refractivity contribution in [1.29, 1.82) is 0 Å². The van der Waals surface area contributed by atoms with Crippen LogP contribution in [0.2, 0.25) is 0 Å². The first-order valence-electron chi connectivity index (χ1n) is 7.15. The normalized spacial score (nSPS) is 11.7. The number of hydrogen-bond donors (Lipinski definition) is 1. The summed E-state index contributed by atoms with van der Waals surface area (Å²) in [5.41, 5.74) is 1.92. The van der Waals surface area contributed by atoms with Gasteiger partial charge in [-0.3, -0.25) is 9.59 Å². The maximum atomic E-state index is 12.3. The molecule has 0 heterocycles. The van der Waals surface area contributed by atoms with Gasteiger partial charge in [0.15, 0.2) is 5.78 Å². The van der Waals surface area contributed by atoms with Crippen molar-refractivity contribution in [2.24, 2.45) is 5.92 Å². The van der Waals surface area contributed by atoms with E-state index in [-0.39, 0.29) is 17.6 Å². The largest absolute Gasteiger partial charge is 0.326 e. The lowest BCUT2D eigenvalue weighted by atomic mass is 10.0. The molecule has 1 atom stereocenters. The quantitative estimate of drug-likeness (QED) is 0.644. The van der Waals surface area contributed by atoms with Crippen LogP contribution in [0.1, 0.15) is 29.3 Å². The molecule has 0 saturated carbocycles. The summed E-state index contributed by atoms with van der Waals surface area (Å²) in [5.74, 6) is 0.489. The highest BCUT2D eigenvalue weighted by molar-refractivity contribution is 6.18. The van der Waals surface area contributed by atoms with Crippen LogP contribution in [0.15, 0.2) is 54.6 Å². The number of halogens is 1. The van der Waals surface area contributed by atoms with Gasteiger partial charge in [0.2, 0.25) is 5.91 Å². The maximum Gasteiger partial charge on any atom is 0.224 e. The van der Waals surface area contributed by atoms with Gasteiger partial charge in [0.05, 0.1) is 0 Å². The zero-order valence-corrected chi connectivity index (χ0v) is 13.1. The Morgan fingerprint density at radius 1 is 1.00 bits per heavy atom. The number of amides is 1. The number of rotatable bonds is 6. The fraction of sp³-hybridized carbons (Fsp3) is 0.222. The Bertz CT molecular complexity index is 638. The molecule has 0 spiro atoms. The summed E-state index contributed by atoms with van der Waals surface area (Å²) >= 11 is 5.70. The van der Waals surface area contributed by atoms with E-state index in [9.17, 15) is 9.59 Å². The lowest BCUT2D eigenvalue weighted by Gasteiger charge is -2.09. The summed E-state index contributed by atoms with van der Waals surface area (Å²) < 4.78 is 0.